The molecule has 2 aliphatic rings. The van der Waals surface area contributed by atoms with E-state index in [0.29, 0.717) is 11.5 Å². The van der Waals surface area contributed by atoms with Crippen LogP contribution in [0.3, 0.4) is 0 Å². The number of halogens is 2. The van der Waals surface area contributed by atoms with Crippen LogP contribution in [0.25, 0.3) is 0 Å². The van der Waals surface area contributed by atoms with Crippen molar-refractivity contribution in [1.29, 1.82) is 0 Å². The maximum atomic E-state index is 13.2. The molecule has 0 spiro atoms. The molecule has 202 valence electrons. The lowest BCUT2D eigenvalue weighted by Crippen LogP contribution is -2.59. The summed E-state index contributed by atoms with van der Waals surface area (Å²) in [5.74, 6) is 0.292. The molecule has 3 rings (SSSR count). The van der Waals surface area contributed by atoms with Crippen molar-refractivity contribution in [2.45, 2.75) is 103 Å². The third-order valence-corrected chi connectivity index (χ3v) is 10.4. The average molecular weight is 724 g/mol. The lowest BCUT2D eigenvalue weighted by molar-refractivity contribution is -0.147. The van der Waals surface area contributed by atoms with E-state index in [4.69, 9.17) is 9.47 Å². The summed E-state index contributed by atoms with van der Waals surface area (Å²) >= 11 is 4.30. The second-order valence-corrected chi connectivity index (χ2v) is 15.5. The van der Waals surface area contributed by atoms with Gasteiger partial charge < -0.3 is 9.47 Å². The molecule has 2 heterocycles. The van der Waals surface area contributed by atoms with Crippen LogP contribution in [-0.4, -0.2) is 58.0 Å². The Kier molecular flexibility index (Phi) is 8.57. The Morgan fingerprint density at radius 3 is 1.17 bits per heavy atom. The molecule has 0 unspecified atom stereocenters. The SMILES string of the molecule is CN1C(C)(C)CC(C(=O)Oc2cc(I)c(OC(=O)C3CC(C)(C)N(C)C(C)(C)C3)cc2I)CC1(C)C. The second-order valence-electron chi connectivity index (χ2n) is 13.1. The summed E-state index contributed by atoms with van der Waals surface area (Å²) in [5, 5.41) is 0. The molecule has 2 aliphatic heterocycles. The van der Waals surface area contributed by atoms with Crippen molar-refractivity contribution in [3.63, 3.8) is 0 Å². The van der Waals surface area contributed by atoms with Gasteiger partial charge in [0.25, 0.3) is 0 Å². The molecule has 0 aromatic heterocycles. The van der Waals surface area contributed by atoms with Gasteiger partial charge in [0.15, 0.2) is 0 Å². The van der Waals surface area contributed by atoms with Gasteiger partial charge in [-0.2, -0.15) is 0 Å². The molecule has 36 heavy (non-hydrogen) atoms. The van der Waals surface area contributed by atoms with E-state index in [2.05, 4.69) is 124 Å². The molecule has 0 atom stereocenters. The number of carbonyl (C=O) groups is 2. The highest BCUT2D eigenvalue weighted by atomic mass is 127. The summed E-state index contributed by atoms with van der Waals surface area (Å²) < 4.78 is 13.3. The first-order valence-electron chi connectivity index (χ1n) is 12.7. The van der Waals surface area contributed by atoms with Crippen molar-refractivity contribution in [3.05, 3.63) is 19.3 Å². The maximum absolute atomic E-state index is 13.2. The first-order chi connectivity index (χ1) is 16.3. The van der Waals surface area contributed by atoms with Crippen LogP contribution in [0.1, 0.15) is 81.1 Å². The Morgan fingerprint density at radius 2 is 0.917 bits per heavy atom. The van der Waals surface area contributed by atoms with Crippen LogP contribution in [0, 0.1) is 19.0 Å². The number of benzene rings is 1. The molecular weight excluding hydrogens is 682 g/mol. The minimum Gasteiger partial charge on any atom is -0.425 e. The lowest BCUT2D eigenvalue weighted by Gasteiger charge is -2.53. The minimum absolute atomic E-state index is 0.0951. The fraction of sp³-hybridized carbons (Fsp3) is 0.714. The predicted octanol–water partition coefficient (Wildman–Crippen LogP) is 6.50. The standard InChI is InChI=1S/C28H42I2N2O4/c1-25(2)13-17(14-26(3,4)31(25)9)23(33)35-21-11-20(30)22(12-19(21)29)36-24(34)18-15-27(5,6)32(10)28(7,8)16-18/h11-12,17-18H,13-16H2,1-10H3. The van der Waals surface area contributed by atoms with Crippen molar-refractivity contribution in [2.75, 3.05) is 14.1 Å². The van der Waals surface area contributed by atoms with Crippen LogP contribution in [0.4, 0.5) is 0 Å². The van der Waals surface area contributed by atoms with Crippen LogP contribution in [0.5, 0.6) is 11.5 Å². The highest BCUT2D eigenvalue weighted by Gasteiger charge is 2.47. The number of piperidine rings is 2. The monoisotopic (exact) mass is 724 g/mol. The minimum atomic E-state index is -0.196. The number of hydrogen-bond donors (Lipinski definition) is 0. The van der Waals surface area contributed by atoms with Gasteiger partial charge in [0.2, 0.25) is 0 Å². The third kappa shape index (κ3) is 6.22. The van der Waals surface area contributed by atoms with E-state index in [1.54, 1.807) is 12.1 Å². The third-order valence-electron chi connectivity index (χ3n) is 8.69. The molecule has 1 aromatic carbocycles. The number of esters is 2. The molecule has 0 radical (unpaired) electrons. The average Bonchev–Trinajstić information content (AvgIpc) is 2.72. The Labute approximate surface area is 244 Å². The number of carbonyl (C=O) groups excluding carboxylic acids is 2. The Balaban J connectivity index is 1.73. The fourth-order valence-electron chi connectivity index (χ4n) is 6.13. The molecule has 2 saturated heterocycles. The van der Waals surface area contributed by atoms with Crippen LogP contribution in [-0.2, 0) is 9.59 Å². The second kappa shape index (κ2) is 10.3. The van der Waals surface area contributed by atoms with Crippen molar-refractivity contribution < 1.29 is 19.1 Å². The number of likely N-dealkylation sites (tertiary alicyclic amines) is 2. The summed E-state index contributed by atoms with van der Waals surface area (Å²) in [7, 11) is 4.25. The summed E-state index contributed by atoms with van der Waals surface area (Å²) in [6, 6.07) is 3.60. The molecule has 2 fully saturated rings. The Morgan fingerprint density at radius 1 is 0.667 bits per heavy atom. The maximum Gasteiger partial charge on any atom is 0.314 e. The summed E-state index contributed by atoms with van der Waals surface area (Å²) in [4.78, 5) is 31.1. The molecule has 0 aliphatic carbocycles. The van der Waals surface area contributed by atoms with Gasteiger partial charge in [-0.15, -0.1) is 0 Å². The van der Waals surface area contributed by atoms with Gasteiger partial charge in [-0.3, -0.25) is 19.4 Å². The van der Waals surface area contributed by atoms with E-state index in [-0.39, 0.29) is 45.9 Å². The van der Waals surface area contributed by atoms with Gasteiger partial charge in [-0.25, -0.2) is 0 Å². The Hall–Kier alpha value is -0.460. The van der Waals surface area contributed by atoms with E-state index in [1.807, 2.05) is 0 Å². The number of hydrogen-bond acceptors (Lipinski definition) is 6. The van der Waals surface area contributed by atoms with Gasteiger partial charge in [0.05, 0.1) is 19.0 Å². The molecule has 8 heteroatoms. The summed E-state index contributed by atoms with van der Waals surface area (Å²) in [6.07, 6.45) is 2.99. The van der Waals surface area contributed by atoms with Crippen LogP contribution in [0.2, 0.25) is 0 Å². The highest BCUT2D eigenvalue weighted by Crippen LogP contribution is 2.43. The number of nitrogens with zero attached hydrogens (tertiary/aromatic N) is 2. The summed E-state index contributed by atoms with van der Waals surface area (Å²) in [6.45, 7) is 17.4. The molecule has 0 amide bonds. The topological polar surface area (TPSA) is 59.1 Å². The number of ether oxygens (including phenoxy) is 2. The zero-order valence-corrected chi connectivity index (χ0v) is 27.7. The molecule has 0 N–H and O–H groups in total. The highest BCUT2D eigenvalue weighted by molar-refractivity contribution is 14.1. The van der Waals surface area contributed by atoms with E-state index >= 15 is 0 Å². The fourth-order valence-corrected chi connectivity index (χ4v) is 7.22. The van der Waals surface area contributed by atoms with E-state index in [0.717, 1.165) is 32.8 Å². The van der Waals surface area contributed by atoms with E-state index < -0.39 is 0 Å². The number of rotatable bonds is 4. The molecule has 0 saturated carbocycles. The van der Waals surface area contributed by atoms with Crippen molar-refractivity contribution in [3.8, 4) is 11.5 Å². The summed E-state index contributed by atoms with van der Waals surface area (Å²) in [5.41, 5.74) is -0.380. The molecule has 6 nitrogen and oxygen atoms in total. The van der Waals surface area contributed by atoms with Crippen LogP contribution < -0.4 is 9.47 Å². The van der Waals surface area contributed by atoms with Gasteiger partial charge in [0, 0.05) is 22.2 Å². The first kappa shape index (κ1) is 30.1. The van der Waals surface area contributed by atoms with Gasteiger partial charge >= 0.3 is 11.9 Å². The van der Waals surface area contributed by atoms with Crippen molar-refractivity contribution >= 4 is 57.1 Å². The van der Waals surface area contributed by atoms with E-state index in [9.17, 15) is 9.59 Å². The quantitative estimate of drug-likeness (QED) is 0.201. The van der Waals surface area contributed by atoms with Gasteiger partial charge in [0.1, 0.15) is 11.5 Å². The molecular formula is C28H42I2N2O4. The molecule has 0 bridgehead atoms. The molecule has 1 aromatic rings. The smallest absolute Gasteiger partial charge is 0.314 e. The van der Waals surface area contributed by atoms with Gasteiger partial charge in [-0.1, -0.05) is 0 Å². The van der Waals surface area contributed by atoms with Crippen molar-refractivity contribution in [2.24, 2.45) is 11.8 Å². The van der Waals surface area contributed by atoms with Gasteiger partial charge in [-0.05, 0) is 152 Å². The Bertz CT molecular complexity index is 917. The van der Waals surface area contributed by atoms with Crippen molar-refractivity contribution in [1.82, 2.24) is 9.80 Å². The zero-order chi connectivity index (χ0) is 27.4. The zero-order valence-electron chi connectivity index (χ0n) is 23.4. The predicted molar refractivity (Wildman–Crippen MR) is 160 cm³/mol. The van der Waals surface area contributed by atoms with Crippen LogP contribution >= 0.6 is 45.2 Å². The normalized spacial score (nSPS) is 24.3. The largest absolute Gasteiger partial charge is 0.425 e. The van der Waals surface area contributed by atoms with Crippen LogP contribution in [0.15, 0.2) is 12.1 Å². The first-order valence-corrected chi connectivity index (χ1v) is 14.8. The lowest BCUT2D eigenvalue weighted by atomic mass is 9.74. The van der Waals surface area contributed by atoms with E-state index in [1.165, 1.54) is 0 Å².